The zero-order valence-corrected chi connectivity index (χ0v) is 17.4. The van der Waals surface area contributed by atoms with Gasteiger partial charge in [0.25, 0.3) is 11.8 Å². The Morgan fingerprint density at radius 3 is 2.57 bits per heavy atom. The number of carbonyl (C=O) groups is 2. The van der Waals surface area contributed by atoms with Crippen LogP contribution in [0.1, 0.15) is 40.6 Å². The second kappa shape index (κ2) is 9.78. The van der Waals surface area contributed by atoms with Gasteiger partial charge in [-0.3, -0.25) is 9.59 Å². The molecule has 0 unspecified atom stereocenters. The van der Waals surface area contributed by atoms with E-state index in [1.54, 1.807) is 42.7 Å². The fourth-order valence-electron chi connectivity index (χ4n) is 3.09. The molecule has 0 spiro atoms. The van der Waals surface area contributed by atoms with Gasteiger partial charge in [0, 0.05) is 0 Å². The van der Waals surface area contributed by atoms with Gasteiger partial charge in [-0.1, -0.05) is 36.8 Å². The Labute approximate surface area is 176 Å². The van der Waals surface area contributed by atoms with Crippen LogP contribution in [0.2, 0.25) is 0 Å². The van der Waals surface area contributed by atoms with Crippen LogP contribution >= 0.6 is 0 Å². The van der Waals surface area contributed by atoms with Crippen LogP contribution in [0.5, 0.6) is 5.75 Å². The number of hydrogen-bond acceptors (Lipinski definition) is 4. The highest BCUT2D eigenvalue weighted by molar-refractivity contribution is 6.04. The quantitative estimate of drug-likeness (QED) is 0.572. The largest absolute Gasteiger partial charge is 0.480 e. The van der Waals surface area contributed by atoms with Crippen molar-refractivity contribution in [2.75, 3.05) is 5.32 Å². The fourth-order valence-corrected chi connectivity index (χ4v) is 3.09. The van der Waals surface area contributed by atoms with E-state index >= 15 is 0 Å². The summed E-state index contributed by atoms with van der Waals surface area (Å²) in [6.45, 7) is 6.11. The van der Waals surface area contributed by atoms with Crippen molar-refractivity contribution in [2.45, 2.75) is 39.8 Å². The van der Waals surface area contributed by atoms with Crippen molar-refractivity contribution in [2.24, 2.45) is 0 Å². The standard InChI is InChI=1S/C24H26N2O4/c1-4-21(30-22-12-11-16(2)14-17(22)3)24(28)26-20-10-6-5-9-19(20)23(27)25-15-18-8-7-13-29-18/h5-14,21H,4,15H2,1-3H3,(H,25,27)(H,26,28)/t21-/m0/s1. The van der Waals surface area contributed by atoms with Crippen LogP contribution < -0.4 is 15.4 Å². The van der Waals surface area contributed by atoms with Crippen molar-refractivity contribution in [1.82, 2.24) is 5.32 Å². The van der Waals surface area contributed by atoms with Gasteiger partial charge >= 0.3 is 0 Å². The number of benzene rings is 2. The predicted octanol–water partition coefficient (Wildman–Crippen LogP) is 4.62. The van der Waals surface area contributed by atoms with Crippen LogP contribution in [-0.4, -0.2) is 17.9 Å². The molecule has 0 fully saturated rings. The van der Waals surface area contributed by atoms with Gasteiger partial charge in [-0.05, 0) is 56.2 Å². The minimum atomic E-state index is -0.675. The van der Waals surface area contributed by atoms with Gasteiger partial charge in [0.2, 0.25) is 0 Å². The van der Waals surface area contributed by atoms with Crippen molar-refractivity contribution in [3.63, 3.8) is 0 Å². The van der Waals surface area contributed by atoms with Crippen LogP contribution in [-0.2, 0) is 11.3 Å². The zero-order chi connectivity index (χ0) is 21.5. The first-order valence-corrected chi connectivity index (χ1v) is 9.92. The number of rotatable bonds is 8. The van der Waals surface area contributed by atoms with Gasteiger partial charge in [0.15, 0.2) is 6.10 Å². The van der Waals surface area contributed by atoms with Crippen LogP contribution in [0.25, 0.3) is 0 Å². The Morgan fingerprint density at radius 2 is 1.87 bits per heavy atom. The molecule has 2 amide bonds. The molecule has 1 heterocycles. The molecule has 3 rings (SSSR count). The Kier molecular flexibility index (Phi) is 6.91. The predicted molar refractivity (Wildman–Crippen MR) is 116 cm³/mol. The van der Waals surface area contributed by atoms with Gasteiger partial charge < -0.3 is 19.8 Å². The summed E-state index contributed by atoms with van der Waals surface area (Å²) in [5.41, 5.74) is 2.91. The molecule has 0 radical (unpaired) electrons. The van der Waals surface area contributed by atoms with Crippen LogP contribution in [0.4, 0.5) is 5.69 Å². The molecule has 0 saturated heterocycles. The van der Waals surface area contributed by atoms with E-state index in [2.05, 4.69) is 10.6 Å². The lowest BCUT2D eigenvalue weighted by atomic mass is 10.1. The lowest BCUT2D eigenvalue weighted by molar-refractivity contribution is -0.122. The van der Waals surface area contributed by atoms with E-state index in [0.717, 1.165) is 11.1 Å². The molecule has 0 aliphatic heterocycles. The van der Waals surface area contributed by atoms with Crippen molar-refractivity contribution < 1.29 is 18.7 Å². The molecule has 2 aromatic carbocycles. The van der Waals surface area contributed by atoms with Crippen LogP contribution in [0, 0.1) is 13.8 Å². The Balaban J connectivity index is 1.69. The van der Waals surface area contributed by atoms with Crippen molar-refractivity contribution in [1.29, 1.82) is 0 Å². The van der Waals surface area contributed by atoms with E-state index in [9.17, 15) is 9.59 Å². The molecule has 156 valence electrons. The van der Waals surface area contributed by atoms with Crippen molar-refractivity contribution in [3.05, 3.63) is 83.3 Å². The zero-order valence-electron chi connectivity index (χ0n) is 17.4. The molecule has 6 nitrogen and oxygen atoms in total. The Bertz CT molecular complexity index is 1010. The number of hydrogen-bond donors (Lipinski definition) is 2. The third-order valence-corrected chi connectivity index (χ3v) is 4.70. The van der Waals surface area contributed by atoms with Crippen LogP contribution in [0.15, 0.2) is 65.3 Å². The van der Waals surface area contributed by atoms with E-state index in [-0.39, 0.29) is 18.4 Å². The number of nitrogens with one attached hydrogen (secondary N) is 2. The maximum atomic E-state index is 12.9. The maximum absolute atomic E-state index is 12.9. The first-order chi connectivity index (χ1) is 14.5. The third kappa shape index (κ3) is 5.29. The summed E-state index contributed by atoms with van der Waals surface area (Å²) >= 11 is 0. The number of para-hydroxylation sites is 1. The van der Waals surface area contributed by atoms with Gasteiger partial charge in [0.1, 0.15) is 11.5 Å². The number of aryl methyl sites for hydroxylation is 2. The van der Waals surface area contributed by atoms with Crippen molar-refractivity contribution in [3.8, 4) is 5.75 Å². The lowest BCUT2D eigenvalue weighted by Gasteiger charge is -2.19. The summed E-state index contributed by atoms with van der Waals surface area (Å²) in [7, 11) is 0. The molecule has 0 saturated carbocycles. The van der Waals surface area contributed by atoms with E-state index in [0.29, 0.717) is 29.2 Å². The topological polar surface area (TPSA) is 80.6 Å². The Hall–Kier alpha value is -3.54. The molecule has 0 bridgehead atoms. The average Bonchev–Trinajstić information content (AvgIpc) is 3.25. The van der Waals surface area contributed by atoms with E-state index in [1.807, 2.05) is 39.0 Å². The number of carbonyl (C=O) groups excluding carboxylic acids is 2. The molecule has 1 atom stereocenters. The highest BCUT2D eigenvalue weighted by Gasteiger charge is 2.21. The van der Waals surface area contributed by atoms with E-state index in [1.165, 1.54) is 0 Å². The molecule has 6 heteroatoms. The SMILES string of the molecule is CC[C@H](Oc1ccc(C)cc1C)C(=O)Nc1ccccc1C(=O)NCc1ccco1. The monoisotopic (exact) mass is 406 g/mol. The summed E-state index contributed by atoms with van der Waals surface area (Å²) in [4.78, 5) is 25.5. The number of ether oxygens (including phenoxy) is 1. The number of furan rings is 1. The highest BCUT2D eigenvalue weighted by Crippen LogP contribution is 2.22. The average molecular weight is 406 g/mol. The molecule has 3 aromatic rings. The summed E-state index contributed by atoms with van der Waals surface area (Å²) in [6, 6.07) is 16.3. The number of amides is 2. The first-order valence-electron chi connectivity index (χ1n) is 9.92. The summed E-state index contributed by atoms with van der Waals surface area (Å²) < 4.78 is 11.2. The smallest absolute Gasteiger partial charge is 0.265 e. The first kappa shape index (κ1) is 21.2. The molecule has 0 aliphatic carbocycles. The second-order valence-corrected chi connectivity index (χ2v) is 7.08. The second-order valence-electron chi connectivity index (χ2n) is 7.08. The van der Waals surface area contributed by atoms with Crippen LogP contribution in [0.3, 0.4) is 0 Å². The number of anilines is 1. The van der Waals surface area contributed by atoms with E-state index < -0.39 is 6.10 Å². The molecular weight excluding hydrogens is 380 g/mol. The molecule has 1 aromatic heterocycles. The van der Waals surface area contributed by atoms with E-state index in [4.69, 9.17) is 9.15 Å². The molecule has 0 aliphatic rings. The third-order valence-electron chi connectivity index (χ3n) is 4.70. The van der Waals surface area contributed by atoms with Crippen molar-refractivity contribution >= 4 is 17.5 Å². The fraction of sp³-hybridized carbons (Fsp3) is 0.250. The minimum absolute atomic E-state index is 0.265. The van der Waals surface area contributed by atoms with Gasteiger partial charge in [-0.25, -0.2) is 0 Å². The van der Waals surface area contributed by atoms with Gasteiger partial charge in [0.05, 0.1) is 24.1 Å². The lowest BCUT2D eigenvalue weighted by Crippen LogP contribution is -2.33. The summed E-state index contributed by atoms with van der Waals surface area (Å²) in [5.74, 6) is 0.722. The summed E-state index contributed by atoms with van der Waals surface area (Å²) in [6.07, 6.45) is 1.37. The maximum Gasteiger partial charge on any atom is 0.265 e. The molecular formula is C24H26N2O4. The van der Waals surface area contributed by atoms with Gasteiger partial charge in [-0.15, -0.1) is 0 Å². The minimum Gasteiger partial charge on any atom is -0.480 e. The normalized spacial score (nSPS) is 11.6. The molecule has 30 heavy (non-hydrogen) atoms. The molecule has 2 N–H and O–H groups in total. The van der Waals surface area contributed by atoms with Gasteiger partial charge in [-0.2, -0.15) is 0 Å². The Morgan fingerprint density at radius 1 is 1.07 bits per heavy atom. The highest BCUT2D eigenvalue weighted by atomic mass is 16.5. The summed E-state index contributed by atoms with van der Waals surface area (Å²) in [5, 5.41) is 5.63.